The van der Waals surface area contributed by atoms with Crippen molar-refractivity contribution in [2.45, 2.75) is 38.7 Å². The lowest BCUT2D eigenvalue weighted by Gasteiger charge is -2.13. The highest BCUT2D eigenvalue weighted by Gasteiger charge is 2.16. The molecule has 0 fully saturated rings. The van der Waals surface area contributed by atoms with Crippen LogP contribution in [0.3, 0.4) is 0 Å². The molecule has 1 atom stereocenters. The molecule has 0 rings (SSSR count). The van der Waals surface area contributed by atoms with E-state index in [0.717, 1.165) is 12.8 Å². The van der Waals surface area contributed by atoms with Gasteiger partial charge in [-0.3, -0.25) is 0 Å². The first-order valence-corrected chi connectivity index (χ1v) is 3.31. The molecule has 0 unspecified atom stereocenters. The highest BCUT2D eigenvalue weighted by molar-refractivity contribution is 5.60. The molecule has 0 bridgehead atoms. The van der Waals surface area contributed by atoms with Crippen molar-refractivity contribution in [3.63, 3.8) is 0 Å². The van der Waals surface area contributed by atoms with Crippen LogP contribution in [0.25, 0.3) is 0 Å². The van der Waals surface area contributed by atoms with Gasteiger partial charge in [0.2, 0.25) is 0 Å². The maximum atomic E-state index is 10.1. The summed E-state index contributed by atoms with van der Waals surface area (Å²) in [6, 6.07) is 0. The number of carbonyl (C=O) groups excluding carboxylic acids is 1. The van der Waals surface area contributed by atoms with Crippen molar-refractivity contribution in [2.75, 3.05) is 0 Å². The monoisotopic (exact) mass is 130 g/mol. The lowest BCUT2D eigenvalue weighted by molar-refractivity contribution is -0.123. The van der Waals surface area contributed by atoms with Gasteiger partial charge in [0.1, 0.15) is 5.60 Å². The topological polar surface area (TPSA) is 37.3 Å². The zero-order valence-corrected chi connectivity index (χ0v) is 6.05. The largest absolute Gasteiger partial charge is 0.383 e. The summed E-state index contributed by atoms with van der Waals surface area (Å²) in [6.45, 7) is 3.57. The van der Waals surface area contributed by atoms with E-state index in [4.69, 9.17) is 5.11 Å². The minimum absolute atomic E-state index is 0.576. The molecule has 0 radical (unpaired) electrons. The van der Waals surface area contributed by atoms with Crippen molar-refractivity contribution in [3.05, 3.63) is 0 Å². The summed E-state index contributed by atoms with van der Waals surface area (Å²) in [7, 11) is 0. The molecule has 2 nitrogen and oxygen atoms in total. The summed E-state index contributed by atoms with van der Waals surface area (Å²) in [6.07, 6.45) is 3.10. The van der Waals surface area contributed by atoms with E-state index in [2.05, 4.69) is 0 Å². The highest BCUT2D eigenvalue weighted by Crippen LogP contribution is 2.09. The number of aliphatic hydroxyl groups is 1. The Bertz CT molecular complexity index is 86.9. The van der Waals surface area contributed by atoms with E-state index in [0.29, 0.717) is 12.7 Å². The molecule has 0 saturated heterocycles. The van der Waals surface area contributed by atoms with Crippen LogP contribution >= 0.6 is 0 Å². The molecule has 0 aliphatic carbocycles. The SMILES string of the molecule is CCCC[C@](C)(O)C=O. The van der Waals surface area contributed by atoms with Crippen molar-refractivity contribution in [1.29, 1.82) is 0 Å². The number of carbonyl (C=O) groups is 1. The summed E-state index contributed by atoms with van der Waals surface area (Å²) in [5.74, 6) is 0. The zero-order chi connectivity index (χ0) is 7.33. The second-order valence-corrected chi connectivity index (χ2v) is 2.58. The molecule has 0 heterocycles. The maximum absolute atomic E-state index is 10.1. The van der Waals surface area contributed by atoms with Gasteiger partial charge in [0.15, 0.2) is 6.29 Å². The first-order chi connectivity index (χ1) is 4.12. The van der Waals surface area contributed by atoms with Crippen molar-refractivity contribution < 1.29 is 9.90 Å². The maximum Gasteiger partial charge on any atom is 0.151 e. The minimum atomic E-state index is -1.09. The lowest BCUT2D eigenvalue weighted by atomic mass is 10.0. The van der Waals surface area contributed by atoms with E-state index in [-0.39, 0.29) is 0 Å². The molecule has 0 spiro atoms. The summed E-state index contributed by atoms with van der Waals surface area (Å²) in [4.78, 5) is 10.1. The number of unbranched alkanes of at least 4 members (excludes halogenated alkanes) is 1. The van der Waals surface area contributed by atoms with Gasteiger partial charge in [0.05, 0.1) is 0 Å². The summed E-state index contributed by atoms with van der Waals surface area (Å²) < 4.78 is 0. The standard InChI is InChI=1S/C7H14O2/c1-3-4-5-7(2,9)6-8/h6,9H,3-5H2,1-2H3/t7-/m0/s1. The Morgan fingerprint density at radius 3 is 2.56 bits per heavy atom. The molecule has 0 aliphatic rings. The van der Waals surface area contributed by atoms with E-state index in [1.165, 1.54) is 6.92 Å². The van der Waals surface area contributed by atoms with Crippen LogP contribution in [-0.4, -0.2) is 17.0 Å². The molecule has 9 heavy (non-hydrogen) atoms. The van der Waals surface area contributed by atoms with Gasteiger partial charge in [-0.1, -0.05) is 19.8 Å². The molecule has 54 valence electrons. The van der Waals surface area contributed by atoms with Gasteiger partial charge in [-0.15, -0.1) is 0 Å². The smallest absolute Gasteiger partial charge is 0.151 e. The van der Waals surface area contributed by atoms with E-state index >= 15 is 0 Å². The number of rotatable bonds is 4. The Morgan fingerprint density at radius 2 is 2.22 bits per heavy atom. The Labute approximate surface area is 55.9 Å². The third-order valence-corrected chi connectivity index (χ3v) is 1.29. The molecular formula is C7H14O2. The molecule has 0 aromatic carbocycles. The first-order valence-electron chi connectivity index (χ1n) is 3.31. The predicted molar refractivity (Wildman–Crippen MR) is 36.2 cm³/mol. The van der Waals surface area contributed by atoms with E-state index < -0.39 is 5.60 Å². The fourth-order valence-electron chi connectivity index (χ4n) is 0.594. The molecule has 0 aliphatic heterocycles. The average Bonchev–Trinajstić information content (AvgIpc) is 1.84. The molecular weight excluding hydrogens is 116 g/mol. The minimum Gasteiger partial charge on any atom is -0.383 e. The quantitative estimate of drug-likeness (QED) is 0.579. The summed E-state index contributed by atoms with van der Waals surface area (Å²) in [5.41, 5.74) is -1.09. The van der Waals surface area contributed by atoms with Crippen LogP contribution in [0.2, 0.25) is 0 Å². The number of hydrogen-bond acceptors (Lipinski definition) is 2. The van der Waals surface area contributed by atoms with E-state index in [1.54, 1.807) is 0 Å². The van der Waals surface area contributed by atoms with Gasteiger partial charge in [-0.25, -0.2) is 0 Å². The highest BCUT2D eigenvalue weighted by atomic mass is 16.3. The van der Waals surface area contributed by atoms with Gasteiger partial charge in [0, 0.05) is 0 Å². The molecule has 0 aromatic heterocycles. The van der Waals surface area contributed by atoms with Gasteiger partial charge < -0.3 is 9.90 Å². The Morgan fingerprint density at radius 1 is 1.67 bits per heavy atom. The van der Waals surface area contributed by atoms with Crippen LogP contribution < -0.4 is 0 Å². The van der Waals surface area contributed by atoms with E-state index in [9.17, 15) is 4.79 Å². The zero-order valence-electron chi connectivity index (χ0n) is 6.05. The van der Waals surface area contributed by atoms with Gasteiger partial charge in [0.25, 0.3) is 0 Å². The van der Waals surface area contributed by atoms with Crippen LogP contribution in [0.1, 0.15) is 33.1 Å². The van der Waals surface area contributed by atoms with Crippen LogP contribution in [0.15, 0.2) is 0 Å². The second-order valence-electron chi connectivity index (χ2n) is 2.58. The van der Waals surface area contributed by atoms with Gasteiger partial charge >= 0.3 is 0 Å². The normalized spacial score (nSPS) is 16.8. The molecule has 0 saturated carbocycles. The Balaban J connectivity index is 3.45. The third kappa shape index (κ3) is 4.15. The van der Waals surface area contributed by atoms with Crippen LogP contribution in [-0.2, 0) is 4.79 Å². The number of aldehydes is 1. The lowest BCUT2D eigenvalue weighted by Crippen LogP contribution is -2.25. The summed E-state index contributed by atoms with van der Waals surface area (Å²) in [5, 5.41) is 9.09. The van der Waals surface area contributed by atoms with Crippen molar-refractivity contribution in [2.24, 2.45) is 0 Å². The van der Waals surface area contributed by atoms with Crippen LogP contribution in [0.4, 0.5) is 0 Å². The molecule has 2 heteroatoms. The summed E-state index contributed by atoms with van der Waals surface area (Å²) >= 11 is 0. The van der Waals surface area contributed by atoms with Crippen LogP contribution in [0.5, 0.6) is 0 Å². The fraction of sp³-hybridized carbons (Fsp3) is 0.857. The average molecular weight is 130 g/mol. The Kier molecular flexibility index (Phi) is 3.47. The van der Waals surface area contributed by atoms with Gasteiger partial charge in [-0.2, -0.15) is 0 Å². The van der Waals surface area contributed by atoms with Crippen molar-refractivity contribution in [1.82, 2.24) is 0 Å². The fourth-order valence-corrected chi connectivity index (χ4v) is 0.594. The number of hydrogen-bond donors (Lipinski definition) is 1. The molecule has 0 amide bonds. The third-order valence-electron chi connectivity index (χ3n) is 1.29. The Hall–Kier alpha value is -0.370. The van der Waals surface area contributed by atoms with Gasteiger partial charge in [-0.05, 0) is 13.3 Å². The second kappa shape index (κ2) is 3.62. The molecule has 1 N–H and O–H groups in total. The van der Waals surface area contributed by atoms with E-state index in [1.807, 2.05) is 6.92 Å². The van der Waals surface area contributed by atoms with Crippen molar-refractivity contribution in [3.8, 4) is 0 Å². The first kappa shape index (κ1) is 8.63. The predicted octanol–water partition coefficient (Wildman–Crippen LogP) is 1.13. The van der Waals surface area contributed by atoms with Crippen molar-refractivity contribution >= 4 is 6.29 Å². The van der Waals surface area contributed by atoms with Crippen LogP contribution in [0, 0.1) is 0 Å². The molecule has 0 aromatic rings.